The maximum atomic E-state index is 4.26. The van der Waals surface area contributed by atoms with Gasteiger partial charge in [-0.3, -0.25) is 0 Å². The van der Waals surface area contributed by atoms with Crippen molar-refractivity contribution in [1.82, 2.24) is 14.6 Å². The molecule has 78 valence electrons. The molecule has 0 radical (unpaired) electrons. The van der Waals surface area contributed by atoms with Crippen LogP contribution in [0.3, 0.4) is 0 Å². The fourth-order valence-corrected chi connectivity index (χ4v) is 1.94. The smallest absolute Gasteiger partial charge is 0.155 e. The van der Waals surface area contributed by atoms with Crippen molar-refractivity contribution in [3.05, 3.63) is 53.3 Å². The van der Waals surface area contributed by atoms with Gasteiger partial charge in [-0.25, -0.2) is 9.50 Å². The van der Waals surface area contributed by atoms with E-state index in [0.717, 1.165) is 21.4 Å². The third-order valence-electron chi connectivity index (χ3n) is 2.43. The second kappa shape index (κ2) is 3.72. The molecule has 16 heavy (non-hydrogen) atoms. The van der Waals surface area contributed by atoms with Gasteiger partial charge in [-0.05, 0) is 18.2 Å². The van der Waals surface area contributed by atoms with Gasteiger partial charge in [0.2, 0.25) is 0 Å². The number of hydrogen-bond donors (Lipinski definition) is 0. The van der Waals surface area contributed by atoms with Gasteiger partial charge in [0, 0.05) is 22.3 Å². The van der Waals surface area contributed by atoms with Crippen LogP contribution in [-0.2, 0) is 0 Å². The first kappa shape index (κ1) is 9.54. The first-order valence-electron chi connectivity index (χ1n) is 4.89. The molecule has 4 heteroatoms. The molecule has 0 aliphatic heterocycles. The molecular weight excluding hydrogens is 266 g/mol. The SMILES string of the molecule is Brc1ccc(-c2ccnc3ccnn23)cc1. The molecule has 0 bridgehead atoms. The highest BCUT2D eigenvalue weighted by molar-refractivity contribution is 9.10. The minimum Gasteiger partial charge on any atom is -0.237 e. The third-order valence-corrected chi connectivity index (χ3v) is 2.96. The second-order valence-electron chi connectivity index (χ2n) is 3.44. The van der Waals surface area contributed by atoms with E-state index in [1.165, 1.54) is 0 Å². The standard InChI is InChI=1S/C12H8BrN3/c13-10-3-1-9(2-4-10)11-5-7-14-12-6-8-15-16(11)12/h1-8H. The van der Waals surface area contributed by atoms with Crippen LogP contribution in [0.1, 0.15) is 0 Å². The Morgan fingerprint density at radius 2 is 1.75 bits per heavy atom. The molecule has 2 aromatic heterocycles. The predicted octanol–water partition coefficient (Wildman–Crippen LogP) is 3.16. The maximum absolute atomic E-state index is 4.26. The van der Waals surface area contributed by atoms with Gasteiger partial charge in [-0.1, -0.05) is 28.1 Å². The number of halogens is 1. The number of benzene rings is 1. The molecule has 3 nitrogen and oxygen atoms in total. The van der Waals surface area contributed by atoms with E-state index in [2.05, 4.69) is 38.1 Å². The van der Waals surface area contributed by atoms with Crippen LogP contribution < -0.4 is 0 Å². The Hall–Kier alpha value is -1.68. The molecule has 0 unspecified atom stereocenters. The first-order valence-corrected chi connectivity index (χ1v) is 5.68. The molecule has 0 aliphatic rings. The summed E-state index contributed by atoms with van der Waals surface area (Å²) in [6, 6.07) is 12.0. The summed E-state index contributed by atoms with van der Waals surface area (Å²) < 4.78 is 2.91. The molecule has 1 aromatic carbocycles. The molecular formula is C12H8BrN3. The second-order valence-corrected chi connectivity index (χ2v) is 4.35. The van der Waals surface area contributed by atoms with Gasteiger partial charge in [0.15, 0.2) is 5.65 Å². The van der Waals surface area contributed by atoms with Crippen LogP contribution >= 0.6 is 15.9 Å². The van der Waals surface area contributed by atoms with Gasteiger partial charge in [0.1, 0.15) is 0 Å². The minimum absolute atomic E-state index is 0.861. The molecule has 2 heterocycles. The number of rotatable bonds is 1. The summed E-state index contributed by atoms with van der Waals surface area (Å²) in [5.41, 5.74) is 3.03. The zero-order valence-corrected chi connectivity index (χ0v) is 9.92. The highest BCUT2D eigenvalue weighted by Gasteiger charge is 2.03. The van der Waals surface area contributed by atoms with Crippen molar-refractivity contribution < 1.29 is 0 Å². The Kier molecular flexibility index (Phi) is 2.22. The fourth-order valence-electron chi connectivity index (χ4n) is 1.67. The lowest BCUT2D eigenvalue weighted by molar-refractivity contribution is 0.948. The summed E-state index contributed by atoms with van der Waals surface area (Å²) in [4.78, 5) is 4.24. The Labute approximate surface area is 101 Å². The van der Waals surface area contributed by atoms with Crippen LogP contribution in [0, 0.1) is 0 Å². The highest BCUT2D eigenvalue weighted by atomic mass is 79.9. The van der Waals surface area contributed by atoms with E-state index in [1.54, 1.807) is 12.4 Å². The average molecular weight is 274 g/mol. The van der Waals surface area contributed by atoms with Gasteiger partial charge < -0.3 is 0 Å². The van der Waals surface area contributed by atoms with Crippen LogP contribution in [0.5, 0.6) is 0 Å². The molecule has 0 atom stereocenters. The Morgan fingerprint density at radius 1 is 0.938 bits per heavy atom. The maximum Gasteiger partial charge on any atom is 0.155 e. The van der Waals surface area contributed by atoms with Gasteiger partial charge in [0.25, 0.3) is 0 Å². The van der Waals surface area contributed by atoms with Crippen molar-refractivity contribution in [2.75, 3.05) is 0 Å². The van der Waals surface area contributed by atoms with Crippen LogP contribution in [-0.4, -0.2) is 14.6 Å². The summed E-state index contributed by atoms with van der Waals surface area (Å²) >= 11 is 3.43. The molecule has 0 fully saturated rings. The van der Waals surface area contributed by atoms with E-state index in [1.807, 2.05) is 28.8 Å². The van der Waals surface area contributed by atoms with Gasteiger partial charge in [0.05, 0.1) is 11.9 Å². The van der Waals surface area contributed by atoms with Gasteiger partial charge in [-0.2, -0.15) is 5.10 Å². The first-order chi connectivity index (χ1) is 7.84. The van der Waals surface area contributed by atoms with Crippen molar-refractivity contribution in [3.8, 4) is 11.3 Å². The third kappa shape index (κ3) is 1.51. The topological polar surface area (TPSA) is 30.2 Å². The van der Waals surface area contributed by atoms with E-state index in [4.69, 9.17) is 0 Å². The minimum atomic E-state index is 0.861. The van der Waals surface area contributed by atoms with E-state index in [-0.39, 0.29) is 0 Å². The quantitative estimate of drug-likeness (QED) is 0.682. The van der Waals surface area contributed by atoms with Crippen molar-refractivity contribution in [3.63, 3.8) is 0 Å². The van der Waals surface area contributed by atoms with Crippen LogP contribution in [0.4, 0.5) is 0 Å². The lowest BCUT2D eigenvalue weighted by Crippen LogP contribution is -1.94. The summed E-state index contributed by atoms with van der Waals surface area (Å²) in [6.45, 7) is 0. The number of hydrogen-bond acceptors (Lipinski definition) is 2. The summed E-state index contributed by atoms with van der Waals surface area (Å²) in [6.07, 6.45) is 3.55. The van der Waals surface area contributed by atoms with Crippen LogP contribution in [0.2, 0.25) is 0 Å². The van der Waals surface area contributed by atoms with E-state index in [0.29, 0.717) is 0 Å². The van der Waals surface area contributed by atoms with Crippen molar-refractivity contribution in [2.45, 2.75) is 0 Å². The zero-order valence-electron chi connectivity index (χ0n) is 8.34. The largest absolute Gasteiger partial charge is 0.237 e. The normalized spacial score (nSPS) is 10.8. The van der Waals surface area contributed by atoms with Crippen LogP contribution in [0.15, 0.2) is 53.3 Å². The fraction of sp³-hybridized carbons (Fsp3) is 0. The molecule has 0 spiro atoms. The Bertz CT molecular complexity index is 628. The molecule has 0 saturated heterocycles. The lowest BCUT2D eigenvalue weighted by atomic mass is 10.1. The number of fused-ring (bicyclic) bond motifs is 1. The van der Waals surface area contributed by atoms with E-state index in [9.17, 15) is 0 Å². The van der Waals surface area contributed by atoms with Crippen molar-refractivity contribution in [2.24, 2.45) is 0 Å². The molecule has 0 amide bonds. The Morgan fingerprint density at radius 3 is 2.56 bits per heavy atom. The summed E-state index contributed by atoms with van der Waals surface area (Å²) in [5.74, 6) is 0. The summed E-state index contributed by atoms with van der Waals surface area (Å²) in [5, 5.41) is 4.26. The average Bonchev–Trinajstić information content (AvgIpc) is 2.78. The molecule has 0 saturated carbocycles. The zero-order chi connectivity index (χ0) is 11.0. The highest BCUT2D eigenvalue weighted by Crippen LogP contribution is 2.21. The van der Waals surface area contributed by atoms with Gasteiger partial charge in [-0.15, -0.1) is 0 Å². The van der Waals surface area contributed by atoms with E-state index < -0.39 is 0 Å². The molecule has 0 N–H and O–H groups in total. The van der Waals surface area contributed by atoms with Crippen LogP contribution in [0.25, 0.3) is 16.9 Å². The van der Waals surface area contributed by atoms with Crippen molar-refractivity contribution in [1.29, 1.82) is 0 Å². The monoisotopic (exact) mass is 273 g/mol. The number of aromatic nitrogens is 3. The Balaban J connectivity index is 2.25. The number of nitrogens with zero attached hydrogens (tertiary/aromatic N) is 3. The molecule has 0 aliphatic carbocycles. The lowest BCUT2D eigenvalue weighted by Gasteiger charge is -2.04. The molecule has 3 rings (SSSR count). The summed E-state index contributed by atoms with van der Waals surface area (Å²) in [7, 11) is 0. The van der Waals surface area contributed by atoms with Gasteiger partial charge >= 0.3 is 0 Å². The predicted molar refractivity (Wildman–Crippen MR) is 66.1 cm³/mol. The van der Waals surface area contributed by atoms with E-state index >= 15 is 0 Å². The molecule has 3 aromatic rings. The van der Waals surface area contributed by atoms with Crippen molar-refractivity contribution >= 4 is 21.6 Å².